The van der Waals surface area contributed by atoms with Crippen molar-refractivity contribution in [2.75, 3.05) is 4.90 Å². The monoisotopic (exact) mass is 360 g/mol. The normalized spacial score (nSPS) is 13.5. The van der Waals surface area contributed by atoms with E-state index in [4.69, 9.17) is 18.0 Å². The lowest BCUT2D eigenvalue weighted by atomic mass is 10.1. The lowest BCUT2D eigenvalue weighted by Crippen LogP contribution is -2.29. The lowest BCUT2D eigenvalue weighted by molar-refractivity contribution is 0.0926. The number of thiocarbonyl (C=S) groups is 1. The zero-order chi connectivity index (χ0) is 15.1. The summed E-state index contributed by atoms with van der Waals surface area (Å²) in [5, 5.41) is 0. The van der Waals surface area contributed by atoms with Gasteiger partial charge in [0.1, 0.15) is 4.99 Å². The summed E-state index contributed by atoms with van der Waals surface area (Å²) in [4.78, 5) is 26.2. The summed E-state index contributed by atoms with van der Waals surface area (Å²) in [6.45, 7) is 0. The Morgan fingerprint density at radius 1 is 1.00 bits per heavy atom. The molecule has 21 heavy (non-hydrogen) atoms. The number of rotatable bonds is 2. The van der Waals surface area contributed by atoms with Gasteiger partial charge in [0.25, 0.3) is 11.8 Å². The van der Waals surface area contributed by atoms with Crippen LogP contribution in [0.5, 0.6) is 0 Å². The molecule has 2 aromatic carbocycles. The molecule has 3 rings (SSSR count). The average molecular weight is 361 g/mol. The number of halogens is 1. The van der Waals surface area contributed by atoms with Crippen LogP contribution < -0.4 is 10.6 Å². The summed E-state index contributed by atoms with van der Waals surface area (Å²) in [6.07, 6.45) is 0. The van der Waals surface area contributed by atoms with Gasteiger partial charge in [-0.25, -0.2) is 4.90 Å². The Labute approximate surface area is 134 Å². The SMILES string of the molecule is NC(=S)c1ccc(N2C(=O)c3ccc(Br)cc3C2=O)cc1. The van der Waals surface area contributed by atoms with Crippen LogP contribution in [0.15, 0.2) is 46.9 Å². The van der Waals surface area contributed by atoms with Gasteiger partial charge in [-0.3, -0.25) is 9.59 Å². The van der Waals surface area contributed by atoms with Gasteiger partial charge in [-0.2, -0.15) is 0 Å². The summed E-state index contributed by atoms with van der Waals surface area (Å²) in [7, 11) is 0. The number of hydrogen-bond donors (Lipinski definition) is 1. The van der Waals surface area contributed by atoms with Gasteiger partial charge in [-0.1, -0.05) is 28.1 Å². The van der Waals surface area contributed by atoms with Crippen molar-refractivity contribution in [2.45, 2.75) is 0 Å². The third-order valence-corrected chi connectivity index (χ3v) is 3.99. The molecule has 2 aromatic rings. The highest BCUT2D eigenvalue weighted by molar-refractivity contribution is 9.10. The highest BCUT2D eigenvalue weighted by atomic mass is 79.9. The highest BCUT2D eigenvalue weighted by Gasteiger charge is 2.36. The van der Waals surface area contributed by atoms with Crippen LogP contribution in [0, 0.1) is 0 Å². The van der Waals surface area contributed by atoms with Crippen LogP contribution in [0.25, 0.3) is 0 Å². The number of nitrogens with two attached hydrogens (primary N) is 1. The largest absolute Gasteiger partial charge is 0.389 e. The van der Waals surface area contributed by atoms with Crippen LogP contribution in [0.2, 0.25) is 0 Å². The molecule has 0 saturated heterocycles. The Balaban J connectivity index is 2.03. The smallest absolute Gasteiger partial charge is 0.266 e. The predicted octanol–water partition coefficient (Wildman–Crippen LogP) is 2.88. The molecule has 0 fully saturated rings. The average Bonchev–Trinajstić information content (AvgIpc) is 2.70. The Morgan fingerprint density at radius 3 is 2.24 bits per heavy atom. The van der Waals surface area contributed by atoms with Crippen molar-refractivity contribution in [1.29, 1.82) is 0 Å². The zero-order valence-corrected chi connectivity index (χ0v) is 13.1. The minimum atomic E-state index is -0.334. The fraction of sp³-hybridized carbons (Fsp3) is 0. The van der Waals surface area contributed by atoms with E-state index in [0.717, 1.165) is 9.37 Å². The van der Waals surface area contributed by atoms with E-state index in [9.17, 15) is 9.59 Å². The van der Waals surface area contributed by atoms with Gasteiger partial charge in [-0.15, -0.1) is 0 Å². The molecule has 0 aromatic heterocycles. The Bertz CT molecular complexity index is 787. The number of benzene rings is 2. The fourth-order valence-corrected chi connectivity index (χ4v) is 2.72. The summed E-state index contributed by atoms with van der Waals surface area (Å²) in [5.74, 6) is -0.662. The molecular weight excluding hydrogens is 352 g/mol. The van der Waals surface area contributed by atoms with Crippen LogP contribution in [0.1, 0.15) is 26.3 Å². The summed E-state index contributed by atoms with van der Waals surface area (Å²) in [5.41, 5.74) is 7.52. The minimum absolute atomic E-state index is 0.271. The van der Waals surface area contributed by atoms with Crippen molar-refractivity contribution in [3.05, 3.63) is 63.6 Å². The quantitative estimate of drug-likeness (QED) is 0.660. The molecule has 0 saturated carbocycles. The number of carbonyl (C=O) groups excluding carboxylic acids is 2. The maximum atomic E-state index is 12.4. The van der Waals surface area contributed by atoms with Crippen LogP contribution in [0.3, 0.4) is 0 Å². The second-order valence-corrected chi connectivity index (χ2v) is 5.90. The molecule has 2 amide bonds. The molecule has 2 N–H and O–H groups in total. The molecule has 0 bridgehead atoms. The van der Waals surface area contributed by atoms with E-state index in [2.05, 4.69) is 15.9 Å². The van der Waals surface area contributed by atoms with E-state index < -0.39 is 0 Å². The number of amides is 2. The van der Waals surface area contributed by atoms with Crippen LogP contribution in [-0.4, -0.2) is 16.8 Å². The van der Waals surface area contributed by atoms with Crippen molar-refractivity contribution >= 4 is 50.6 Å². The molecule has 0 atom stereocenters. The van der Waals surface area contributed by atoms with Crippen LogP contribution in [0.4, 0.5) is 5.69 Å². The van der Waals surface area contributed by atoms with E-state index in [1.165, 1.54) is 0 Å². The van der Waals surface area contributed by atoms with Crippen molar-refractivity contribution in [3.8, 4) is 0 Å². The van der Waals surface area contributed by atoms with Gasteiger partial charge >= 0.3 is 0 Å². The van der Waals surface area contributed by atoms with Crippen molar-refractivity contribution in [1.82, 2.24) is 0 Å². The molecule has 1 heterocycles. The molecule has 0 unspecified atom stereocenters. The van der Waals surface area contributed by atoms with Crippen molar-refractivity contribution in [2.24, 2.45) is 5.73 Å². The third kappa shape index (κ3) is 2.26. The number of imide groups is 1. The third-order valence-electron chi connectivity index (χ3n) is 3.26. The number of carbonyl (C=O) groups is 2. The van der Waals surface area contributed by atoms with Gasteiger partial charge < -0.3 is 5.73 Å². The van der Waals surface area contributed by atoms with E-state index in [1.54, 1.807) is 42.5 Å². The molecule has 0 spiro atoms. The van der Waals surface area contributed by atoms with Crippen LogP contribution >= 0.6 is 28.1 Å². The number of anilines is 1. The molecular formula is C15H9BrN2O2S. The molecule has 1 aliphatic rings. The van der Waals surface area contributed by atoms with Crippen molar-refractivity contribution in [3.63, 3.8) is 0 Å². The maximum Gasteiger partial charge on any atom is 0.266 e. The Kier molecular flexibility index (Phi) is 3.35. The first-order valence-corrected chi connectivity index (χ1v) is 7.27. The Morgan fingerprint density at radius 2 is 1.62 bits per heavy atom. The standard InChI is InChI=1S/C15H9BrN2O2S/c16-9-3-6-11-12(7-9)15(20)18(14(11)19)10-4-1-8(2-5-10)13(17)21/h1-7H,(H2,17,21). The maximum absolute atomic E-state index is 12.4. The van der Waals surface area contributed by atoms with Gasteiger partial charge in [-0.05, 0) is 42.5 Å². The summed E-state index contributed by atoms with van der Waals surface area (Å²) >= 11 is 8.19. The first-order valence-electron chi connectivity index (χ1n) is 6.07. The fourth-order valence-electron chi connectivity index (χ4n) is 2.22. The molecule has 0 aliphatic carbocycles. The van der Waals surface area contributed by atoms with E-state index in [1.807, 2.05) is 0 Å². The highest BCUT2D eigenvalue weighted by Crippen LogP contribution is 2.30. The van der Waals surface area contributed by atoms with Gasteiger partial charge in [0.05, 0.1) is 16.8 Å². The van der Waals surface area contributed by atoms with E-state index in [0.29, 0.717) is 22.4 Å². The van der Waals surface area contributed by atoms with Gasteiger partial charge in [0.2, 0.25) is 0 Å². The number of nitrogens with zero attached hydrogens (tertiary/aromatic N) is 1. The zero-order valence-electron chi connectivity index (χ0n) is 10.7. The number of hydrogen-bond acceptors (Lipinski definition) is 3. The first-order chi connectivity index (χ1) is 9.99. The number of fused-ring (bicyclic) bond motifs is 1. The second kappa shape index (κ2) is 5.05. The van der Waals surface area contributed by atoms with E-state index >= 15 is 0 Å². The van der Waals surface area contributed by atoms with E-state index in [-0.39, 0.29) is 16.8 Å². The summed E-state index contributed by atoms with van der Waals surface area (Å²) < 4.78 is 0.757. The van der Waals surface area contributed by atoms with Crippen LogP contribution in [-0.2, 0) is 0 Å². The molecule has 0 radical (unpaired) electrons. The molecule has 6 heteroatoms. The second-order valence-electron chi connectivity index (χ2n) is 4.55. The van der Waals surface area contributed by atoms with Gasteiger partial charge in [0.15, 0.2) is 0 Å². The molecule has 104 valence electrons. The van der Waals surface area contributed by atoms with Gasteiger partial charge in [0, 0.05) is 10.0 Å². The lowest BCUT2D eigenvalue weighted by Gasteiger charge is -2.14. The molecule has 1 aliphatic heterocycles. The minimum Gasteiger partial charge on any atom is -0.389 e. The predicted molar refractivity (Wildman–Crippen MR) is 87.6 cm³/mol. The summed E-state index contributed by atoms with van der Waals surface area (Å²) in [6, 6.07) is 11.7. The Hall–Kier alpha value is -2.05. The topological polar surface area (TPSA) is 63.4 Å². The molecule has 4 nitrogen and oxygen atoms in total. The first kappa shape index (κ1) is 13.9. The van der Waals surface area contributed by atoms with Crippen molar-refractivity contribution < 1.29 is 9.59 Å².